The van der Waals surface area contributed by atoms with E-state index < -0.39 is 5.91 Å². The van der Waals surface area contributed by atoms with Crippen LogP contribution in [0.5, 0.6) is 5.75 Å². The Labute approximate surface area is 82.8 Å². The Hall–Kier alpha value is -1.55. The minimum atomic E-state index is -0.402. The maximum absolute atomic E-state index is 10.6. The van der Waals surface area contributed by atoms with E-state index in [4.69, 9.17) is 16.2 Å². The van der Waals surface area contributed by atoms with Crippen LogP contribution in [0.4, 0.5) is 0 Å². The fourth-order valence-corrected chi connectivity index (χ4v) is 1.21. The normalized spacial score (nSPS) is 12.1. The van der Waals surface area contributed by atoms with Gasteiger partial charge in [0.1, 0.15) is 5.75 Å². The first kappa shape index (κ1) is 10.5. The highest BCUT2D eigenvalue weighted by Gasteiger charge is 2.09. The van der Waals surface area contributed by atoms with Crippen molar-refractivity contribution in [2.75, 3.05) is 7.11 Å². The summed E-state index contributed by atoms with van der Waals surface area (Å²) in [5.41, 5.74) is 11.7. The summed E-state index contributed by atoms with van der Waals surface area (Å²) in [5.74, 6) is 0.322. The summed E-state index contributed by atoms with van der Waals surface area (Å²) in [6.07, 6.45) is 0.146. The standard InChI is InChI=1S/C10H14N2O2/c1-14-8-4-2-3-7(5-8)9(11)6-10(12)13/h2-5,9H,6,11H2,1H3,(H2,12,13). The minimum absolute atomic E-state index is 0.146. The maximum Gasteiger partial charge on any atom is 0.219 e. The molecule has 0 radical (unpaired) electrons. The summed E-state index contributed by atoms with van der Waals surface area (Å²) in [4.78, 5) is 10.6. The average molecular weight is 194 g/mol. The largest absolute Gasteiger partial charge is 0.497 e. The van der Waals surface area contributed by atoms with Gasteiger partial charge < -0.3 is 16.2 Å². The Kier molecular flexibility index (Phi) is 3.48. The number of benzene rings is 1. The molecule has 76 valence electrons. The zero-order chi connectivity index (χ0) is 10.6. The Morgan fingerprint density at radius 3 is 2.86 bits per heavy atom. The van der Waals surface area contributed by atoms with Crippen molar-refractivity contribution >= 4 is 5.91 Å². The number of rotatable bonds is 4. The highest BCUT2D eigenvalue weighted by atomic mass is 16.5. The molecular weight excluding hydrogens is 180 g/mol. The lowest BCUT2D eigenvalue weighted by Crippen LogP contribution is -2.20. The molecule has 4 N–H and O–H groups in total. The van der Waals surface area contributed by atoms with E-state index in [1.807, 2.05) is 18.2 Å². The van der Waals surface area contributed by atoms with Crippen LogP contribution >= 0.6 is 0 Å². The van der Waals surface area contributed by atoms with E-state index >= 15 is 0 Å². The van der Waals surface area contributed by atoms with E-state index in [2.05, 4.69) is 0 Å². The predicted molar refractivity (Wildman–Crippen MR) is 53.7 cm³/mol. The summed E-state index contributed by atoms with van der Waals surface area (Å²) in [6.45, 7) is 0. The molecule has 0 saturated carbocycles. The van der Waals surface area contributed by atoms with Gasteiger partial charge in [-0.2, -0.15) is 0 Å². The topological polar surface area (TPSA) is 78.3 Å². The number of ether oxygens (including phenoxy) is 1. The van der Waals surface area contributed by atoms with Crippen molar-refractivity contribution < 1.29 is 9.53 Å². The third kappa shape index (κ3) is 2.74. The number of carbonyl (C=O) groups is 1. The van der Waals surface area contributed by atoms with Crippen molar-refractivity contribution in [3.63, 3.8) is 0 Å². The van der Waals surface area contributed by atoms with Gasteiger partial charge in [0.05, 0.1) is 7.11 Å². The van der Waals surface area contributed by atoms with Crippen LogP contribution in [-0.2, 0) is 4.79 Å². The molecule has 1 amide bonds. The third-order valence-corrected chi connectivity index (χ3v) is 1.94. The second kappa shape index (κ2) is 4.62. The molecule has 0 fully saturated rings. The van der Waals surface area contributed by atoms with Crippen molar-refractivity contribution in [1.29, 1.82) is 0 Å². The molecule has 1 aromatic carbocycles. The van der Waals surface area contributed by atoms with Gasteiger partial charge in [-0.05, 0) is 17.7 Å². The van der Waals surface area contributed by atoms with Gasteiger partial charge >= 0.3 is 0 Å². The van der Waals surface area contributed by atoms with Crippen molar-refractivity contribution in [1.82, 2.24) is 0 Å². The van der Waals surface area contributed by atoms with Crippen LogP contribution in [0.15, 0.2) is 24.3 Å². The van der Waals surface area contributed by atoms with Gasteiger partial charge in [0.25, 0.3) is 0 Å². The van der Waals surface area contributed by atoms with Crippen LogP contribution in [0, 0.1) is 0 Å². The van der Waals surface area contributed by atoms with Gasteiger partial charge in [0.2, 0.25) is 5.91 Å². The Morgan fingerprint density at radius 2 is 2.29 bits per heavy atom. The molecular formula is C10H14N2O2. The number of hydrogen-bond acceptors (Lipinski definition) is 3. The minimum Gasteiger partial charge on any atom is -0.497 e. The monoisotopic (exact) mass is 194 g/mol. The fraction of sp³-hybridized carbons (Fsp3) is 0.300. The number of primary amides is 1. The molecule has 4 nitrogen and oxygen atoms in total. The van der Waals surface area contributed by atoms with Crippen molar-refractivity contribution in [3.8, 4) is 5.75 Å². The lowest BCUT2D eigenvalue weighted by atomic mass is 10.0. The molecule has 1 atom stereocenters. The summed E-state index contributed by atoms with van der Waals surface area (Å²) in [6, 6.07) is 6.93. The van der Waals surface area contributed by atoms with E-state index in [9.17, 15) is 4.79 Å². The first-order chi connectivity index (χ1) is 6.63. The van der Waals surface area contributed by atoms with E-state index in [0.29, 0.717) is 0 Å². The second-order valence-electron chi connectivity index (χ2n) is 3.05. The lowest BCUT2D eigenvalue weighted by molar-refractivity contribution is -0.118. The lowest BCUT2D eigenvalue weighted by Gasteiger charge is -2.10. The first-order valence-electron chi connectivity index (χ1n) is 4.31. The van der Waals surface area contributed by atoms with Crippen molar-refractivity contribution in [2.24, 2.45) is 11.5 Å². The molecule has 1 rings (SSSR count). The Bertz CT molecular complexity index is 326. The SMILES string of the molecule is COc1cccc(C(N)CC(N)=O)c1. The summed E-state index contributed by atoms with van der Waals surface area (Å²) in [7, 11) is 1.58. The van der Waals surface area contributed by atoms with Gasteiger partial charge in [-0.3, -0.25) is 4.79 Å². The Morgan fingerprint density at radius 1 is 1.57 bits per heavy atom. The van der Waals surface area contributed by atoms with Gasteiger partial charge in [0.15, 0.2) is 0 Å². The molecule has 1 aromatic rings. The molecule has 0 aliphatic rings. The van der Waals surface area contributed by atoms with E-state index in [-0.39, 0.29) is 12.5 Å². The summed E-state index contributed by atoms with van der Waals surface area (Å²) >= 11 is 0. The molecule has 0 aliphatic carbocycles. The van der Waals surface area contributed by atoms with Crippen molar-refractivity contribution in [2.45, 2.75) is 12.5 Å². The molecule has 1 unspecified atom stereocenters. The number of amides is 1. The smallest absolute Gasteiger partial charge is 0.219 e. The van der Waals surface area contributed by atoms with Crippen LogP contribution < -0.4 is 16.2 Å². The molecule has 0 bridgehead atoms. The molecule has 0 spiro atoms. The predicted octanol–water partition coefficient (Wildman–Crippen LogP) is 0.570. The van der Waals surface area contributed by atoms with Crippen LogP contribution in [0.25, 0.3) is 0 Å². The van der Waals surface area contributed by atoms with Gasteiger partial charge in [0, 0.05) is 12.5 Å². The second-order valence-corrected chi connectivity index (χ2v) is 3.05. The number of nitrogens with two attached hydrogens (primary N) is 2. The average Bonchev–Trinajstić information content (AvgIpc) is 2.17. The van der Waals surface area contributed by atoms with Crippen LogP contribution in [0.3, 0.4) is 0 Å². The van der Waals surface area contributed by atoms with Gasteiger partial charge in [-0.25, -0.2) is 0 Å². The summed E-state index contributed by atoms with van der Waals surface area (Å²) < 4.78 is 5.04. The molecule has 0 heterocycles. The quantitative estimate of drug-likeness (QED) is 0.735. The highest BCUT2D eigenvalue weighted by molar-refractivity contribution is 5.74. The molecule has 14 heavy (non-hydrogen) atoms. The molecule has 0 aliphatic heterocycles. The van der Waals surface area contributed by atoms with Crippen LogP contribution in [0.2, 0.25) is 0 Å². The van der Waals surface area contributed by atoms with E-state index in [1.165, 1.54) is 0 Å². The zero-order valence-electron chi connectivity index (χ0n) is 8.07. The molecule has 0 saturated heterocycles. The third-order valence-electron chi connectivity index (χ3n) is 1.94. The van der Waals surface area contributed by atoms with Gasteiger partial charge in [-0.15, -0.1) is 0 Å². The van der Waals surface area contributed by atoms with Crippen molar-refractivity contribution in [3.05, 3.63) is 29.8 Å². The van der Waals surface area contributed by atoms with E-state index in [1.54, 1.807) is 13.2 Å². The molecule has 0 aromatic heterocycles. The number of hydrogen-bond donors (Lipinski definition) is 2. The fourth-order valence-electron chi connectivity index (χ4n) is 1.21. The maximum atomic E-state index is 10.6. The molecule has 4 heteroatoms. The Balaban J connectivity index is 2.78. The zero-order valence-corrected chi connectivity index (χ0v) is 8.07. The first-order valence-corrected chi connectivity index (χ1v) is 4.31. The number of methoxy groups -OCH3 is 1. The van der Waals surface area contributed by atoms with Crippen LogP contribution in [0.1, 0.15) is 18.0 Å². The highest BCUT2D eigenvalue weighted by Crippen LogP contribution is 2.19. The van der Waals surface area contributed by atoms with E-state index in [0.717, 1.165) is 11.3 Å². The van der Waals surface area contributed by atoms with Gasteiger partial charge in [-0.1, -0.05) is 12.1 Å². The number of carbonyl (C=O) groups excluding carboxylic acids is 1. The summed E-state index contributed by atoms with van der Waals surface area (Å²) in [5, 5.41) is 0. The van der Waals surface area contributed by atoms with Crippen LogP contribution in [-0.4, -0.2) is 13.0 Å².